The van der Waals surface area contributed by atoms with Gasteiger partial charge in [-0.05, 0) is 13.0 Å². The molecule has 1 aromatic carbocycles. The number of para-hydroxylation sites is 1. The van der Waals surface area contributed by atoms with Gasteiger partial charge in [0.25, 0.3) is 0 Å². The third-order valence-electron chi connectivity index (χ3n) is 3.12. The van der Waals surface area contributed by atoms with Gasteiger partial charge in [0, 0.05) is 22.7 Å². The van der Waals surface area contributed by atoms with E-state index >= 15 is 0 Å². The summed E-state index contributed by atoms with van der Waals surface area (Å²) >= 11 is 6.77. The third kappa shape index (κ3) is 2.86. The Kier molecular flexibility index (Phi) is 3.81. The first-order chi connectivity index (χ1) is 10.1. The van der Waals surface area contributed by atoms with Crippen LogP contribution in [0.1, 0.15) is 16.3 Å². The molecule has 2 heterocycles. The first kappa shape index (κ1) is 13.9. The van der Waals surface area contributed by atoms with Crippen molar-refractivity contribution in [2.24, 2.45) is 5.73 Å². The number of fused-ring (bicyclic) bond motifs is 1. The van der Waals surface area contributed by atoms with Crippen LogP contribution in [0.25, 0.3) is 10.9 Å². The van der Waals surface area contributed by atoms with E-state index in [0.717, 1.165) is 32.9 Å². The van der Waals surface area contributed by atoms with Gasteiger partial charge in [-0.2, -0.15) is 0 Å². The quantitative estimate of drug-likeness (QED) is 0.724. The molecule has 0 saturated carbocycles. The summed E-state index contributed by atoms with van der Waals surface area (Å²) in [5, 5.41) is 7.49. The predicted octanol–water partition coefficient (Wildman–Crippen LogP) is 3.25. The molecule has 0 aliphatic rings. The fourth-order valence-corrected chi connectivity index (χ4v) is 3.03. The molecule has 6 heteroatoms. The molecule has 0 atom stereocenters. The Labute approximate surface area is 132 Å². The van der Waals surface area contributed by atoms with Gasteiger partial charge < -0.3 is 11.1 Å². The van der Waals surface area contributed by atoms with E-state index in [0.29, 0.717) is 11.5 Å². The first-order valence-corrected chi connectivity index (χ1v) is 7.76. The van der Waals surface area contributed by atoms with Crippen molar-refractivity contribution in [2.45, 2.75) is 13.5 Å². The second-order valence-electron chi connectivity index (χ2n) is 4.66. The number of benzene rings is 1. The van der Waals surface area contributed by atoms with E-state index in [9.17, 15) is 0 Å². The van der Waals surface area contributed by atoms with Crippen LogP contribution in [0, 0.1) is 6.92 Å². The summed E-state index contributed by atoms with van der Waals surface area (Å²) in [7, 11) is 0. The van der Waals surface area contributed by atoms with Crippen LogP contribution in [-0.4, -0.2) is 15.0 Å². The molecule has 0 aliphatic heterocycles. The van der Waals surface area contributed by atoms with Crippen LogP contribution in [0.15, 0.2) is 35.8 Å². The molecule has 0 aliphatic carbocycles. The van der Waals surface area contributed by atoms with Crippen LogP contribution in [-0.2, 0) is 6.54 Å². The lowest BCUT2D eigenvalue weighted by Gasteiger charge is -2.13. The van der Waals surface area contributed by atoms with E-state index < -0.39 is 0 Å². The van der Waals surface area contributed by atoms with Gasteiger partial charge in [0.1, 0.15) is 10.00 Å². The molecule has 0 saturated heterocycles. The molecule has 0 unspecified atom stereocenters. The van der Waals surface area contributed by atoms with E-state index in [4.69, 9.17) is 18.0 Å². The molecule has 3 N–H and O–H groups in total. The first-order valence-electron chi connectivity index (χ1n) is 6.47. The topological polar surface area (TPSA) is 63.8 Å². The van der Waals surface area contributed by atoms with Crippen molar-refractivity contribution in [1.29, 1.82) is 0 Å². The molecule has 4 nitrogen and oxygen atoms in total. The van der Waals surface area contributed by atoms with Gasteiger partial charge in [-0.25, -0.2) is 4.98 Å². The van der Waals surface area contributed by atoms with Crippen molar-refractivity contribution in [3.63, 3.8) is 0 Å². The third-order valence-corrected chi connectivity index (χ3v) is 4.31. The van der Waals surface area contributed by atoms with Crippen LogP contribution in [0.5, 0.6) is 0 Å². The molecule has 3 rings (SSSR count). The highest BCUT2D eigenvalue weighted by molar-refractivity contribution is 7.80. The van der Waals surface area contributed by atoms with Crippen molar-refractivity contribution in [1.82, 2.24) is 9.97 Å². The van der Waals surface area contributed by atoms with Crippen molar-refractivity contribution in [3.8, 4) is 0 Å². The summed E-state index contributed by atoms with van der Waals surface area (Å²) in [6.07, 6.45) is 1.72. The molecule has 21 heavy (non-hydrogen) atoms. The fourth-order valence-electron chi connectivity index (χ4n) is 2.17. The van der Waals surface area contributed by atoms with Gasteiger partial charge in [0.15, 0.2) is 0 Å². The van der Waals surface area contributed by atoms with Gasteiger partial charge in [0.05, 0.1) is 23.3 Å². The summed E-state index contributed by atoms with van der Waals surface area (Å²) in [6, 6.07) is 7.92. The fraction of sp³-hybridized carbons (Fsp3) is 0.133. The van der Waals surface area contributed by atoms with Crippen molar-refractivity contribution < 1.29 is 0 Å². The van der Waals surface area contributed by atoms with Crippen molar-refractivity contribution >= 4 is 45.1 Å². The molecule has 106 valence electrons. The molecule has 0 bridgehead atoms. The Balaban J connectivity index is 2.01. The molecular weight excluding hydrogens is 300 g/mol. The second-order valence-corrected chi connectivity index (χ2v) is 6.05. The molecule has 0 spiro atoms. The summed E-state index contributed by atoms with van der Waals surface area (Å²) < 4.78 is 0. The van der Waals surface area contributed by atoms with Crippen LogP contribution in [0.2, 0.25) is 0 Å². The minimum atomic E-state index is 0.339. The number of nitrogens with zero attached hydrogens (tertiary/aromatic N) is 2. The summed E-state index contributed by atoms with van der Waals surface area (Å²) in [5.41, 5.74) is 9.44. The standard InChI is InChI=1S/C15H14N4S2/c1-9-8-21-13(19-9)7-18-14-10-4-2-3-5-12(10)17-6-11(14)15(16)20/h2-6,8H,7H2,1H3,(H2,16,20)(H,17,18). The van der Waals surface area contributed by atoms with Crippen LogP contribution < -0.4 is 11.1 Å². The predicted molar refractivity (Wildman–Crippen MR) is 91.8 cm³/mol. The molecule has 0 fully saturated rings. The summed E-state index contributed by atoms with van der Waals surface area (Å²) in [4.78, 5) is 9.20. The normalized spacial score (nSPS) is 10.7. The molecular formula is C15H14N4S2. The summed E-state index contributed by atoms with van der Waals surface area (Å²) in [6.45, 7) is 2.63. The Morgan fingerprint density at radius 1 is 1.38 bits per heavy atom. The van der Waals surface area contributed by atoms with E-state index in [2.05, 4.69) is 15.3 Å². The van der Waals surface area contributed by atoms with E-state index in [1.165, 1.54) is 0 Å². The molecule has 0 amide bonds. The maximum atomic E-state index is 5.82. The lowest BCUT2D eigenvalue weighted by Crippen LogP contribution is -2.14. The van der Waals surface area contributed by atoms with Crippen molar-refractivity contribution in [2.75, 3.05) is 5.32 Å². The number of nitrogens with one attached hydrogen (secondary N) is 1. The number of hydrogen-bond acceptors (Lipinski definition) is 5. The Hall–Kier alpha value is -2.05. The lowest BCUT2D eigenvalue weighted by atomic mass is 10.1. The highest BCUT2D eigenvalue weighted by atomic mass is 32.1. The van der Waals surface area contributed by atoms with Crippen LogP contribution >= 0.6 is 23.6 Å². The Morgan fingerprint density at radius 3 is 2.90 bits per heavy atom. The number of aromatic nitrogens is 2. The molecule has 0 radical (unpaired) electrons. The average Bonchev–Trinajstić information content (AvgIpc) is 2.90. The SMILES string of the molecule is Cc1csc(CNc2c(C(N)=S)cnc3ccccc23)n1. The minimum Gasteiger partial charge on any atom is -0.389 e. The number of thiocarbonyl (C=S) groups is 1. The maximum Gasteiger partial charge on any atom is 0.112 e. The lowest BCUT2D eigenvalue weighted by molar-refractivity contribution is 1.08. The smallest absolute Gasteiger partial charge is 0.112 e. The monoisotopic (exact) mass is 314 g/mol. The minimum absolute atomic E-state index is 0.339. The number of anilines is 1. The van der Waals surface area contributed by atoms with E-state index in [-0.39, 0.29) is 0 Å². The Morgan fingerprint density at radius 2 is 2.19 bits per heavy atom. The number of aryl methyl sites for hydroxylation is 1. The van der Waals surface area contributed by atoms with Crippen LogP contribution in [0.4, 0.5) is 5.69 Å². The van der Waals surface area contributed by atoms with Crippen molar-refractivity contribution in [3.05, 3.63) is 52.1 Å². The van der Waals surface area contributed by atoms with Gasteiger partial charge in [-0.3, -0.25) is 4.98 Å². The number of hydrogen-bond donors (Lipinski definition) is 2. The number of rotatable bonds is 4. The van der Waals surface area contributed by atoms with E-state index in [1.807, 2.05) is 36.6 Å². The van der Waals surface area contributed by atoms with Gasteiger partial charge >= 0.3 is 0 Å². The average molecular weight is 314 g/mol. The van der Waals surface area contributed by atoms with E-state index in [1.54, 1.807) is 17.5 Å². The number of nitrogens with two attached hydrogens (primary N) is 1. The zero-order chi connectivity index (χ0) is 14.8. The largest absolute Gasteiger partial charge is 0.389 e. The highest BCUT2D eigenvalue weighted by Gasteiger charge is 2.11. The zero-order valence-corrected chi connectivity index (χ0v) is 13.1. The molecule has 2 aromatic heterocycles. The Bertz CT molecular complexity index is 810. The number of pyridine rings is 1. The highest BCUT2D eigenvalue weighted by Crippen LogP contribution is 2.26. The number of thiazole rings is 1. The second kappa shape index (κ2) is 5.75. The van der Waals surface area contributed by atoms with Crippen LogP contribution in [0.3, 0.4) is 0 Å². The maximum absolute atomic E-state index is 5.82. The van der Waals surface area contributed by atoms with Gasteiger partial charge in [-0.1, -0.05) is 30.4 Å². The summed E-state index contributed by atoms with van der Waals surface area (Å²) in [5.74, 6) is 0. The molecule has 3 aromatic rings. The van der Waals surface area contributed by atoms with Gasteiger partial charge in [0.2, 0.25) is 0 Å². The van der Waals surface area contributed by atoms with Gasteiger partial charge in [-0.15, -0.1) is 11.3 Å². The zero-order valence-electron chi connectivity index (χ0n) is 11.5.